The second-order valence-corrected chi connectivity index (χ2v) is 5.32. The number of fused-ring (bicyclic) bond motifs is 1. The number of benzene rings is 2. The van der Waals surface area contributed by atoms with Crippen molar-refractivity contribution in [2.75, 3.05) is 11.9 Å². The average Bonchev–Trinajstić information content (AvgIpc) is 2.89. The van der Waals surface area contributed by atoms with Gasteiger partial charge in [-0.3, -0.25) is 4.79 Å². The molecule has 0 atom stereocenters. The first-order valence-electron chi connectivity index (χ1n) is 7.25. The van der Waals surface area contributed by atoms with Crippen LogP contribution >= 0.6 is 0 Å². The van der Waals surface area contributed by atoms with Gasteiger partial charge in [-0.05, 0) is 37.3 Å². The minimum atomic E-state index is -1.08. The van der Waals surface area contributed by atoms with Crippen molar-refractivity contribution in [1.82, 2.24) is 0 Å². The van der Waals surface area contributed by atoms with Crippen LogP contribution in [0.15, 0.2) is 46.9 Å². The molecule has 2 N–H and O–H groups in total. The predicted octanol–water partition coefficient (Wildman–Crippen LogP) is 3.87. The highest BCUT2D eigenvalue weighted by atomic mass is 19.1. The first-order valence-corrected chi connectivity index (χ1v) is 7.25. The molecule has 1 aromatic heterocycles. The van der Waals surface area contributed by atoms with Gasteiger partial charge in [0.05, 0.1) is 12.1 Å². The van der Waals surface area contributed by atoms with Gasteiger partial charge in [-0.15, -0.1) is 0 Å². The fourth-order valence-corrected chi connectivity index (χ4v) is 2.54. The molecule has 0 aliphatic heterocycles. The number of para-hydroxylation sites is 1. The number of ketones is 1. The molecule has 0 aliphatic carbocycles. The van der Waals surface area contributed by atoms with Crippen LogP contribution in [0.3, 0.4) is 0 Å². The third-order valence-electron chi connectivity index (χ3n) is 3.75. The van der Waals surface area contributed by atoms with Gasteiger partial charge in [-0.2, -0.15) is 0 Å². The van der Waals surface area contributed by atoms with E-state index >= 15 is 0 Å². The molecule has 0 aliphatic rings. The zero-order valence-corrected chi connectivity index (χ0v) is 12.8. The number of carbonyl (C=O) groups is 2. The van der Waals surface area contributed by atoms with E-state index in [4.69, 9.17) is 9.52 Å². The number of hydrogen-bond acceptors (Lipinski definition) is 4. The lowest BCUT2D eigenvalue weighted by Gasteiger charge is -2.08. The maximum absolute atomic E-state index is 13.3. The van der Waals surface area contributed by atoms with Crippen LogP contribution in [0.4, 0.5) is 10.1 Å². The van der Waals surface area contributed by atoms with E-state index < -0.39 is 11.8 Å². The van der Waals surface area contributed by atoms with Crippen molar-refractivity contribution in [3.63, 3.8) is 0 Å². The topological polar surface area (TPSA) is 79.5 Å². The minimum absolute atomic E-state index is 0.0775. The Labute approximate surface area is 136 Å². The monoisotopic (exact) mass is 327 g/mol. The lowest BCUT2D eigenvalue weighted by molar-refractivity contribution is 0.0697. The van der Waals surface area contributed by atoms with Crippen molar-refractivity contribution in [3.05, 3.63) is 65.2 Å². The first kappa shape index (κ1) is 15.7. The zero-order valence-electron chi connectivity index (χ0n) is 12.8. The number of hydrogen-bond donors (Lipinski definition) is 2. The first-order chi connectivity index (χ1) is 11.5. The molecule has 5 nitrogen and oxygen atoms in total. The highest BCUT2D eigenvalue weighted by Gasteiger charge is 2.18. The molecule has 0 spiro atoms. The van der Waals surface area contributed by atoms with E-state index in [2.05, 4.69) is 5.32 Å². The van der Waals surface area contributed by atoms with E-state index in [1.54, 1.807) is 25.1 Å². The molecule has 0 radical (unpaired) electrons. The third-order valence-corrected chi connectivity index (χ3v) is 3.75. The number of anilines is 1. The molecule has 0 saturated heterocycles. The number of carboxylic acid groups (broad SMARTS) is 1. The SMILES string of the molecule is Cc1c(C(=O)CNc2ccccc2C(=O)O)oc2ccc(F)cc12. The van der Waals surface area contributed by atoms with E-state index in [0.29, 0.717) is 22.2 Å². The lowest BCUT2D eigenvalue weighted by atomic mass is 10.1. The summed E-state index contributed by atoms with van der Waals surface area (Å²) in [7, 11) is 0. The molecule has 122 valence electrons. The number of furan rings is 1. The van der Waals surface area contributed by atoms with Crippen molar-refractivity contribution in [1.29, 1.82) is 0 Å². The van der Waals surface area contributed by atoms with Crippen LogP contribution in [0.25, 0.3) is 11.0 Å². The second-order valence-electron chi connectivity index (χ2n) is 5.32. The zero-order chi connectivity index (χ0) is 17.3. The third kappa shape index (κ3) is 2.86. The molecule has 1 heterocycles. The smallest absolute Gasteiger partial charge is 0.337 e. The number of halogens is 1. The highest BCUT2D eigenvalue weighted by Crippen LogP contribution is 2.26. The Morgan fingerprint density at radius 1 is 1.21 bits per heavy atom. The van der Waals surface area contributed by atoms with E-state index in [1.165, 1.54) is 24.3 Å². The standard InChI is InChI=1S/C18H14FNO4/c1-10-13-8-11(19)6-7-16(13)24-17(10)15(21)9-20-14-5-3-2-4-12(14)18(22)23/h2-8,20H,9H2,1H3,(H,22,23). The molecule has 6 heteroatoms. The Hall–Kier alpha value is -3.15. The Balaban J connectivity index is 1.84. The van der Waals surface area contributed by atoms with E-state index in [9.17, 15) is 14.0 Å². The van der Waals surface area contributed by atoms with Gasteiger partial charge in [0.1, 0.15) is 11.4 Å². The second kappa shape index (κ2) is 6.16. The summed E-state index contributed by atoms with van der Waals surface area (Å²) in [6, 6.07) is 10.4. The van der Waals surface area contributed by atoms with Crippen LogP contribution in [0.2, 0.25) is 0 Å². The number of carbonyl (C=O) groups excluding carboxylic acids is 1. The average molecular weight is 327 g/mol. The number of carboxylic acids is 1. The predicted molar refractivity (Wildman–Crippen MR) is 87.1 cm³/mol. The van der Waals surface area contributed by atoms with Crippen LogP contribution in [0.5, 0.6) is 0 Å². The maximum Gasteiger partial charge on any atom is 0.337 e. The molecule has 0 saturated carbocycles. The Bertz CT molecular complexity index is 945. The van der Waals surface area contributed by atoms with Gasteiger partial charge < -0.3 is 14.8 Å². The van der Waals surface area contributed by atoms with Crippen LogP contribution in [-0.4, -0.2) is 23.4 Å². The van der Waals surface area contributed by atoms with Crippen LogP contribution in [0.1, 0.15) is 26.5 Å². The molecule has 0 amide bonds. The van der Waals surface area contributed by atoms with Crippen molar-refractivity contribution < 1.29 is 23.5 Å². The number of rotatable bonds is 5. The molecule has 3 aromatic rings. The summed E-state index contributed by atoms with van der Waals surface area (Å²) in [5, 5.41) is 12.5. The quantitative estimate of drug-likeness (QED) is 0.695. The van der Waals surface area contributed by atoms with Gasteiger partial charge in [0, 0.05) is 16.6 Å². The summed E-state index contributed by atoms with van der Waals surface area (Å²) < 4.78 is 18.8. The number of aryl methyl sites for hydroxylation is 1. The van der Waals surface area contributed by atoms with Gasteiger partial charge in [-0.1, -0.05) is 12.1 Å². The van der Waals surface area contributed by atoms with E-state index in [-0.39, 0.29) is 23.7 Å². The minimum Gasteiger partial charge on any atom is -0.478 e. The van der Waals surface area contributed by atoms with Crippen molar-refractivity contribution in [3.8, 4) is 0 Å². The number of Topliss-reactive ketones (excluding diaryl/α,β-unsaturated/α-hetero) is 1. The molecule has 0 bridgehead atoms. The van der Waals surface area contributed by atoms with Crippen LogP contribution < -0.4 is 5.32 Å². The summed E-state index contributed by atoms with van der Waals surface area (Å²) in [6.07, 6.45) is 0. The molecule has 3 rings (SSSR count). The van der Waals surface area contributed by atoms with Crippen LogP contribution in [-0.2, 0) is 0 Å². The maximum atomic E-state index is 13.3. The molecule has 0 unspecified atom stereocenters. The summed E-state index contributed by atoms with van der Waals surface area (Å²) in [4.78, 5) is 23.5. The molecule has 24 heavy (non-hydrogen) atoms. The largest absolute Gasteiger partial charge is 0.478 e. The fourth-order valence-electron chi connectivity index (χ4n) is 2.54. The lowest BCUT2D eigenvalue weighted by Crippen LogP contribution is -2.16. The molecular weight excluding hydrogens is 313 g/mol. The van der Waals surface area contributed by atoms with E-state index in [0.717, 1.165) is 0 Å². The molecular formula is C18H14FNO4. The van der Waals surface area contributed by atoms with Crippen molar-refractivity contribution >= 4 is 28.4 Å². The van der Waals surface area contributed by atoms with Crippen molar-refractivity contribution in [2.45, 2.75) is 6.92 Å². The summed E-state index contributed by atoms with van der Waals surface area (Å²) in [5.41, 5.74) is 1.41. The van der Waals surface area contributed by atoms with Gasteiger partial charge in [0.25, 0.3) is 0 Å². The summed E-state index contributed by atoms with van der Waals surface area (Å²) in [5.74, 6) is -1.69. The normalized spacial score (nSPS) is 10.8. The van der Waals surface area contributed by atoms with Gasteiger partial charge in [0.15, 0.2) is 5.76 Å². The highest BCUT2D eigenvalue weighted by molar-refractivity contribution is 6.03. The van der Waals surface area contributed by atoms with Crippen LogP contribution in [0, 0.1) is 12.7 Å². The summed E-state index contributed by atoms with van der Waals surface area (Å²) >= 11 is 0. The van der Waals surface area contributed by atoms with E-state index in [1.807, 2.05) is 0 Å². The summed E-state index contributed by atoms with van der Waals surface area (Å²) in [6.45, 7) is 1.55. The van der Waals surface area contributed by atoms with Gasteiger partial charge in [-0.25, -0.2) is 9.18 Å². The van der Waals surface area contributed by atoms with Gasteiger partial charge >= 0.3 is 5.97 Å². The number of nitrogens with one attached hydrogen (secondary N) is 1. The fraction of sp³-hybridized carbons (Fsp3) is 0.111. The van der Waals surface area contributed by atoms with Gasteiger partial charge in [0.2, 0.25) is 5.78 Å². The molecule has 0 fully saturated rings. The molecule has 2 aromatic carbocycles. The number of aromatic carboxylic acids is 1. The Kier molecular flexibility index (Phi) is 4.04. The Morgan fingerprint density at radius 3 is 2.71 bits per heavy atom. The Morgan fingerprint density at radius 2 is 1.96 bits per heavy atom. The van der Waals surface area contributed by atoms with Crippen molar-refractivity contribution in [2.24, 2.45) is 0 Å².